The van der Waals surface area contributed by atoms with Crippen LogP contribution in [0.5, 0.6) is 17.4 Å². The van der Waals surface area contributed by atoms with E-state index in [1.807, 2.05) is 12.1 Å². The molecule has 2 aromatic carbocycles. The lowest BCUT2D eigenvalue weighted by molar-refractivity contribution is 0.0697. The van der Waals surface area contributed by atoms with Crippen LogP contribution < -0.4 is 9.47 Å². The van der Waals surface area contributed by atoms with E-state index in [9.17, 15) is 4.79 Å². The van der Waals surface area contributed by atoms with Crippen LogP contribution in [0.1, 0.15) is 10.4 Å². The lowest BCUT2D eigenvalue weighted by Crippen LogP contribution is -1.97. The molecule has 0 saturated heterocycles. The monoisotopic (exact) mass is 322 g/mol. The molecule has 6 nitrogen and oxygen atoms in total. The Morgan fingerprint density at radius 1 is 1.00 bits per heavy atom. The summed E-state index contributed by atoms with van der Waals surface area (Å²) >= 11 is 0. The molecular formula is C18H14N2O4. The van der Waals surface area contributed by atoms with E-state index >= 15 is 0 Å². The summed E-state index contributed by atoms with van der Waals surface area (Å²) in [5, 5.41) is 9.09. The maximum atomic E-state index is 11.1. The number of hydrogen-bond donors (Lipinski definition) is 1. The minimum atomic E-state index is -0.987. The van der Waals surface area contributed by atoms with Crippen molar-refractivity contribution < 1.29 is 19.4 Å². The first kappa shape index (κ1) is 15.5. The van der Waals surface area contributed by atoms with Crippen LogP contribution in [0.3, 0.4) is 0 Å². The highest BCUT2D eigenvalue weighted by molar-refractivity contribution is 5.89. The minimum absolute atomic E-state index is 0.196. The normalized spacial score (nSPS) is 10.2. The van der Waals surface area contributed by atoms with Crippen LogP contribution in [0.25, 0.3) is 11.3 Å². The second-order valence-electron chi connectivity index (χ2n) is 4.91. The van der Waals surface area contributed by atoms with Gasteiger partial charge in [-0.05, 0) is 24.3 Å². The highest BCUT2D eigenvalue weighted by atomic mass is 16.5. The van der Waals surface area contributed by atoms with E-state index in [2.05, 4.69) is 9.97 Å². The number of hydrogen-bond acceptors (Lipinski definition) is 5. The molecule has 0 amide bonds. The predicted molar refractivity (Wildman–Crippen MR) is 87.5 cm³/mol. The van der Waals surface area contributed by atoms with Gasteiger partial charge in [-0.25, -0.2) is 14.8 Å². The summed E-state index contributed by atoms with van der Waals surface area (Å²) < 4.78 is 10.9. The number of nitrogens with zero attached hydrogens (tertiary/aromatic N) is 2. The molecule has 1 aromatic heterocycles. The molecule has 6 heteroatoms. The number of benzene rings is 2. The molecule has 0 atom stereocenters. The lowest BCUT2D eigenvalue weighted by Gasteiger charge is -2.08. The lowest BCUT2D eigenvalue weighted by atomic mass is 10.1. The van der Waals surface area contributed by atoms with Gasteiger partial charge in [-0.3, -0.25) is 0 Å². The Balaban J connectivity index is 1.89. The quantitative estimate of drug-likeness (QED) is 0.772. The average molecular weight is 322 g/mol. The van der Waals surface area contributed by atoms with Gasteiger partial charge >= 0.3 is 5.97 Å². The zero-order valence-corrected chi connectivity index (χ0v) is 12.8. The third-order valence-electron chi connectivity index (χ3n) is 3.31. The van der Waals surface area contributed by atoms with Crippen LogP contribution in [-0.2, 0) is 0 Å². The second kappa shape index (κ2) is 6.78. The molecular weight excluding hydrogens is 308 g/mol. The van der Waals surface area contributed by atoms with Gasteiger partial charge in [0.25, 0.3) is 0 Å². The van der Waals surface area contributed by atoms with Gasteiger partial charge in [0.1, 0.15) is 17.8 Å². The fourth-order valence-electron chi connectivity index (χ4n) is 2.15. The summed E-state index contributed by atoms with van der Waals surface area (Å²) in [5.41, 5.74) is 1.44. The molecule has 0 fully saturated rings. The van der Waals surface area contributed by atoms with Crippen LogP contribution in [0, 0.1) is 0 Å². The summed E-state index contributed by atoms with van der Waals surface area (Å²) in [6, 6.07) is 15.3. The van der Waals surface area contributed by atoms with Gasteiger partial charge in [0.05, 0.1) is 18.4 Å². The van der Waals surface area contributed by atoms with E-state index in [4.69, 9.17) is 14.6 Å². The van der Waals surface area contributed by atoms with Crippen molar-refractivity contribution in [1.82, 2.24) is 9.97 Å². The Labute approximate surface area is 138 Å². The molecule has 0 unspecified atom stereocenters. The molecule has 1 heterocycles. The van der Waals surface area contributed by atoms with Gasteiger partial charge in [-0.1, -0.05) is 18.2 Å². The Hall–Kier alpha value is -3.41. The van der Waals surface area contributed by atoms with E-state index in [0.29, 0.717) is 28.6 Å². The van der Waals surface area contributed by atoms with Crippen molar-refractivity contribution in [3.8, 4) is 28.6 Å². The van der Waals surface area contributed by atoms with Crippen molar-refractivity contribution in [1.29, 1.82) is 0 Å². The third kappa shape index (κ3) is 3.49. The second-order valence-corrected chi connectivity index (χ2v) is 4.91. The summed E-state index contributed by atoms with van der Waals surface area (Å²) in [4.78, 5) is 19.3. The van der Waals surface area contributed by atoms with Crippen LogP contribution in [0.2, 0.25) is 0 Å². The maximum absolute atomic E-state index is 11.1. The molecule has 0 radical (unpaired) electrons. The highest BCUT2D eigenvalue weighted by Crippen LogP contribution is 2.26. The number of ether oxygens (including phenoxy) is 2. The van der Waals surface area contributed by atoms with Crippen LogP contribution in [-0.4, -0.2) is 28.2 Å². The first-order valence-electron chi connectivity index (χ1n) is 7.13. The van der Waals surface area contributed by atoms with E-state index < -0.39 is 5.97 Å². The molecule has 3 rings (SSSR count). The standard InChI is InChI=1S/C18H14N2O4/c1-23-14-6-3-7-15(9-14)24-17-10-16(19-11-20-17)12-4-2-5-13(8-12)18(21)22/h2-11H,1H3,(H,21,22). The predicted octanol–water partition coefficient (Wildman–Crippen LogP) is 3.64. The summed E-state index contributed by atoms with van der Waals surface area (Å²) in [5.74, 6) is 0.627. The van der Waals surface area contributed by atoms with Crippen molar-refractivity contribution in [3.63, 3.8) is 0 Å². The van der Waals surface area contributed by atoms with Crippen molar-refractivity contribution in [2.75, 3.05) is 7.11 Å². The number of carbonyl (C=O) groups is 1. The number of aromatic nitrogens is 2. The van der Waals surface area contributed by atoms with Crippen molar-refractivity contribution in [2.45, 2.75) is 0 Å². The van der Waals surface area contributed by atoms with Crippen LogP contribution in [0.15, 0.2) is 60.9 Å². The summed E-state index contributed by atoms with van der Waals surface area (Å²) in [6.07, 6.45) is 1.37. The molecule has 0 aliphatic carbocycles. The Morgan fingerprint density at radius 2 is 1.79 bits per heavy atom. The van der Waals surface area contributed by atoms with Crippen LogP contribution in [0.4, 0.5) is 0 Å². The SMILES string of the molecule is COc1cccc(Oc2cc(-c3cccc(C(=O)O)c3)ncn2)c1. The molecule has 24 heavy (non-hydrogen) atoms. The van der Waals surface area contributed by atoms with Gasteiger partial charge < -0.3 is 14.6 Å². The highest BCUT2D eigenvalue weighted by Gasteiger charge is 2.08. The summed E-state index contributed by atoms with van der Waals surface area (Å²) in [7, 11) is 1.58. The van der Waals surface area contributed by atoms with Crippen molar-refractivity contribution in [3.05, 3.63) is 66.5 Å². The van der Waals surface area contributed by atoms with Gasteiger partial charge in [0, 0.05) is 17.7 Å². The van der Waals surface area contributed by atoms with E-state index in [1.165, 1.54) is 12.4 Å². The smallest absolute Gasteiger partial charge is 0.335 e. The largest absolute Gasteiger partial charge is 0.497 e. The van der Waals surface area contributed by atoms with Gasteiger partial charge in [0.2, 0.25) is 5.88 Å². The molecule has 3 aromatic rings. The average Bonchev–Trinajstić information content (AvgIpc) is 2.62. The Kier molecular flexibility index (Phi) is 4.38. The topological polar surface area (TPSA) is 81.5 Å². The molecule has 1 N–H and O–H groups in total. The first-order valence-corrected chi connectivity index (χ1v) is 7.13. The zero-order valence-electron chi connectivity index (χ0n) is 12.8. The van der Waals surface area contributed by atoms with Gasteiger partial charge in [-0.15, -0.1) is 0 Å². The molecule has 0 bridgehead atoms. The third-order valence-corrected chi connectivity index (χ3v) is 3.31. The first-order chi connectivity index (χ1) is 11.7. The van der Waals surface area contributed by atoms with E-state index in [-0.39, 0.29) is 5.56 Å². The van der Waals surface area contributed by atoms with E-state index in [1.54, 1.807) is 43.5 Å². The van der Waals surface area contributed by atoms with Crippen LogP contribution >= 0.6 is 0 Å². The number of carboxylic acid groups (broad SMARTS) is 1. The Bertz CT molecular complexity index is 880. The molecule has 120 valence electrons. The number of methoxy groups -OCH3 is 1. The fourth-order valence-corrected chi connectivity index (χ4v) is 2.15. The van der Waals surface area contributed by atoms with Crippen molar-refractivity contribution in [2.24, 2.45) is 0 Å². The molecule has 0 spiro atoms. The minimum Gasteiger partial charge on any atom is -0.497 e. The van der Waals surface area contributed by atoms with Gasteiger partial charge in [0.15, 0.2) is 0 Å². The molecule has 0 saturated carbocycles. The maximum Gasteiger partial charge on any atom is 0.335 e. The van der Waals surface area contributed by atoms with Crippen molar-refractivity contribution >= 4 is 5.97 Å². The summed E-state index contributed by atoms with van der Waals surface area (Å²) in [6.45, 7) is 0. The fraction of sp³-hybridized carbons (Fsp3) is 0.0556. The number of aromatic carboxylic acids is 1. The van der Waals surface area contributed by atoms with E-state index in [0.717, 1.165) is 0 Å². The van der Waals surface area contributed by atoms with Gasteiger partial charge in [-0.2, -0.15) is 0 Å². The Morgan fingerprint density at radius 3 is 2.58 bits per heavy atom. The zero-order chi connectivity index (χ0) is 16.9. The number of rotatable bonds is 5. The number of carboxylic acids is 1. The molecule has 0 aliphatic heterocycles. The molecule has 0 aliphatic rings.